The van der Waals surface area contributed by atoms with Gasteiger partial charge in [0, 0.05) is 24.5 Å². The van der Waals surface area contributed by atoms with Gasteiger partial charge in [0.25, 0.3) is 5.91 Å². The lowest BCUT2D eigenvalue weighted by molar-refractivity contribution is 0.00692. The van der Waals surface area contributed by atoms with Gasteiger partial charge < -0.3 is 10.1 Å². The van der Waals surface area contributed by atoms with Gasteiger partial charge in [0.1, 0.15) is 11.3 Å². The van der Waals surface area contributed by atoms with Gasteiger partial charge in [0.2, 0.25) is 0 Å². The number of H-pyrrole nitrogens is 1. The largest absolute Gasteiger partial charge is 0.456 e. The molecule has 1 aromatic carbocycles. The van der Waals surface area contributed by atoms with Crippen LogP contribution in [0.15, 0.2) is 36.5 Å². The molecule has 7 nitrogen and oxygen atoms in total. The van der Waals surface area contributed by atoms with Crippen LogP contribution >= 0.6 is 0 Å². The molecule has 0 aliphatic carbocycles. The van der Waals surface area contributed by atoms with Crippen molar-refractivity contribution in [2.45, 2.75) is 32.8 Å². The normalized spacial score (nSPS) is 11.4. The van der Waals surface area contributed by atoms with E-state index in [2.05, 4.69) is 20.5 Å². The first-order valence-corrected chi connectivity index (χ1v) is 8.64. The highest BCUT2D eigenvalue weighted by atomic mass is 16.6. The minimum atomic E-state index is -0.629. The van der Waals surface area contributed by atoms with Crippen LogP contribution in [0.2, 0.25) is 0 Å². The highest BCUT2D eigenvalue weighted by Crippen LogP contribution is 2.21. The van der Waals surface area contributed by atoms with E-state index in [-0.39, 0.29) is 11.6 Å². The van der Waals surface area contributed by atoms with Crippen LogP contribution in [0.25, 0.3) is 10.9 Å². The number of hydrogen-bond acceptors (Lipinski definition) is 5. The molecule has 3 rings (SSSR count). The first-order chi connectivity index (χ1) is 12.8. The Hall–Kier alpha value is -3.22. The summed E-state index contributed by atoms with van der Waals surface area (Å²) in [5, 5.41) is 10.5. The zero-order valence-electron chi connectivity index (χ0n) is 15.8. The second kappa shape index (κ2) is 7.19. The van der Waals surface area contributed by atoms with Crippen molar-refractivity contribution in [2.75, 3.05) is 7.05 Å². The molecule has 1 amide bonds. The molecule has 0 atom stereocenters. The zero-order chi connectivity index (χ0) is 19.6. The van der Waals surface area contributed by atoms with Crippen LogP contribution < -0.4 is 5.32 Å². The smallest absolute Gasteiger partial charge is 0.338 e. The third-order valence-corrected chi connectivity index (χ3v) is 3.92. The van der Waals surface area contributed by atoms with Crippen LogP contribution in [0.5, 0.6) is 0 Å². The number of nitrogens with zero attached hydrogens (tertiary/aromatic N) is 2. The molecule has 0 spiro atoms. The predicted octanol–water partition coefficient (Wildman–Crippen LogP) is 2.86. The lowest BCUT2D eigenvalue weighted by Crippen LogP contribution is -2.25. The molecule has 0 saturated carbocycles. The van der Waals surface area contributed by atoms with Crippen molar-refractivity contribution >= 4 is 22.8 Å². The van der Waals surface area contributed by atoms with Crippen LogP contribution in [0, 0.1) is 0 Å². The summed E-state index contributed by atoms with van der Waals surface area (Å²) in [5.74, 6) is -0.846. The summed E-state index contributed by atoms with van der Waals surface area (Å²) in [6, 6.07) is 8.95. The number of ether oxygens (including phenoxy) is 1. The fourth-order valence-corrected chi connectivity index (χ4v) is 2.76. The van der Waals surface area contributed by atoms with Crippen LogP contribution in [-0.4, -0.2) is 39.7 Å². The average Bonchev–Trinajstić information content (AvgIpc) is 3.09. The SMILES string of the molecule is CNC(=O)c1cc(C(=O)OC(C)(C)C)cc(Cc2cccc3[nH]ncc23)n1. The number of aromatic nitrogens is 3. The molecule has 0 fully saturated rings. The highest BCUT2D eigenvalue weighted by molar-refractivity contribution is 5.96. The van der Waals surface area contributed by atoms with Gasteiger partial charge in [0.05, 0.1) is 17.3 Å². The first kappa shape index (κ1) is 18.6. The summed E-state index contributed by atoms with van der Waals surface area (Å²) < 4.78 is 5.44. The average molecular weight is 366 g/mol. The Balaban J connectivity index is 2.01. The summed E-state index contributed by atoms with van der Waals surface area (Å²) in [4.78, 5) is 29.0. The summed E-state index contributed by atoms with van der Waals surface area (Å²) >= 11 is 0. The van der Waals surface area contributed by atoms with E-state index in [0.717, 1.165) is 16.5 Å². The maximum atomic E-state index is 12.5. The Labute approximate surface area is 157 Å². The van der Waals surface area contributed by atoms with Crippen LogP contribution in [0.3, 0.4) is 0 Å². The molecule has 2 N–H and O–H groups in total. The number of carbonyl (C=O) groups excluding carboxylic acids is 2. The summed E-state index contributed by atoms with van der Waals surface area (Å²) in [5.41, 5.74) is 2.37. The number of aromatic amines is 1. The van der Waals surface area contributed by atoms with Crippen molar-refractivity contribution in [3.05, 3.63) is 59.0 Å². The molecule has 0 radical (unpaired) electrons. The predicted molar refractivity (Wildman–Crippen MR) is 102 cm³/mol. The molecule has 2 heterocycles. The molecule has 2 aromatic heterocycles. The van der Waals surface area contributed by atoms with E-state index in [4.69, 9.17) is 4.74 Å². The maximum absolute atomic E-state index is 12.5. The van der Waals surface area contributed by atoms with Gasteiger partial charge in [-0.2, -0.15) is 5.10 Å². The molecule has 3 aromatic rings. The molecular formula is C20H22N4O3. The third kappa shape index (κ3) is 4.31. The minimum absolute atomic E-state index is 0.176. The topological polar surface area (TPSA) is 97.0 Å². The lowest BCUT2D eigenvalue weighted by atomic mass is 10.0. The quantitative estimate of drug-likeness (QED) is 0.692. The van der Waals surface area contributed by atoms with Crippen LogP contribution in [0.4, 0.5) is 0 Å². The number of fused-ring (bicyclic) bond motifs is 1. The minimum Gasteiger partial charge on any atom is -0.456 e. The summed E-state index contributed by atoms with van der Waals surface area (Å²) in [7, 11) is 1.52. The fraction of sp³-hybridized carbons (Fsp3) is 0.300. The summed E-state index contributed by atoms with van der Waals surface area (Å²) in [6.07, 6.45) is 2.21. The molecule has 140 valence electrons. The number of hydrogen-bond donors (Lipinski definition) is 2. The van der Waals surface area contributed by atoms with Crippen molar-refractivity contribution in [1.82, 2.24) is 20.5 Å². The van der Waals surface area contributed by atoms with E-state index >= 15 is 0 Å². The van der Waals surface area contributed by atoms with Crippen LogP contribution in [-0.2, 0) is 11.2 Å². The van der Waals surface area contributed by atoms with Gasteiger partial charge in [-0.15, -0.1) is 0 Å². The maximum Gasteiger partial charge on any atom is 0.338 e. The van der Waals surface area contributed by atoms with Gasteiger partial charge in [0.15, 0.2) is 0 Å². The van der Waals surface area contributed by atoms with Gasteiger partial charge in [-0.05, 0) is 44.5 Å². The fourth-order valence-electron chi connectivity index (χ4n) is 2.76. The number of rotatable bonds is 4. The van der Waals surface area contributed by atoms with Crippen molar-refractivity contribution < 1.29 is 14.3 Å². The summed E-state index contributed by atoms with van der Waals surface area (Å²) in [6.45, 7) is 5.39. The number of carbonyl (C=O) groups is 2. The second-order valence-corrected chi connectivity index (χ2v) is 7.24. The molecule has 0 aliphatic heterocycles. The van der Waals surface area contributed by atoms with Crippen molar-refractivity contribution in [2.24, 2.45) is 0 Å². The van der Waals surface area contributed by atoms with Crippen molar-refractivity contribution in [3.8, 4) is 0 Å². The van der Waals surface area contributed by atoms with E-state index in [1.54, 1.807) is 33.0 Å². The monoisotopic (exact) mass is 366 g/mol. The highest BCUT2D eigenvalue weighted by Gasteiger charge is 2.21. The van der Waals surface area contributed by atoms with Gasteiger partial charge in [-0.3, -0.25) is 9.89 Å². The third-order valence-electron chi connectivity index (χ3n) is 3.92. The number of pyridine rings is 1. The molecular weight excluding hydrogens is 344 g/mol. The Morgan fingerprint density at radius 3 is 2.70 bits per heavy atom. The van der Waals surface area contributed by atoms with E-state index < -0.39 is 11.6 Å². The first-order valence-electron chi connectivity index (χ1n) is 8.64. The van der Waals surface area contributed by atoms with Gasteiger partial charge >= 0.3 is 5.97 Å². The van der Waals surface area contributed by atoms with E-state index in [1.165, 1.54) is 13.1 Å². The number of nitrogens with one attached hydrogen (secondary N) is 2. The van der Waals surface area contributed by atoms with E-state index in [1.807, 2.05) is 18.2 Å². The Bertz CT molecular complexity index is 1000. The molecule has 0 unspecified atom stereocenters. The molecule has 7 heteroatoms. The Kier molecular flexibility index (Phi) is 4.94. The van der Waals surface area contributed by atoms with Gasteiger partial charge in [-0.1, -0.05) is 12.1 Å². The molecule has 27 heavy (non-hydrogen) atoms. The molecule has 0 aliphatic rings. The second-order valence-electron chi connectivity index (χ2n) is 7.24. The molecule has 0 saturated heterocycles. The Morgan fingerprint density at radius 1 is 1.22 bits per heavy atom. The standard InChI is InChI=1S/C20H22N4O3/c1-20(2,3)27-19(26)13-9-14(23-17(10-13)18(25)21-4)8-12-6-5-7-16-15(12)11-22-24-16/h5-7,9-11H,8H2,1-4H3,(H,21,25)(H,22,24). The van der Waals surface area contributed by atoms with E-state index in [0.29, 0.717) is 17.7 Å². The van der Waals surface area contributed by atoms with Gasteiger partial charge in [-0.25, -0.2) is 9.78 Å². The number of benzene rings is 1. The molecule has 0 bridgehead atoms. The lowest BCUT2D eigenvalue weighted by Gasteiger charge is -2.20. The van der Waals surface area contributed by atoms with Crippen molar-refractivity contribution in [3.63, 3.8) is 0 Å². The van der Waals surface area contributed by atoms with Crippen LogP contribution in [0.1, 0.15) is 52.9 Å². The Morgan fingerprint density at radius 2 is 2.00 bits per heavy atom. The zero-order valence-corrected chi connectivity index (χ0v) is 15.8. The van der Waals surface area contributed by atoms with Crippen molar-refractivity contribution in [1.29, 1.82) is 0 Å². The van der Waals surface area contributed by atoms with E-state index in [9.17, 15) is 9.59 Å². The number of esters is 1. The number of amides is 1.